The standard InChI is InChI=1S/C28H19BrN2O5/c1-35-26-14-18(12-22(16-30)27(32)20-8-5-10-23(15-20)31(33)34)13-25(29)28(26)36-17-21-9-4-7-19-6-2-3-11-24(19)21/h2-15H,17H2,1H3/b22-12+. The number of halogens is 1. The number of carbonyl (C=O) groups excluding carboxylic acids is 1. The van der Waals surface area contributed by atoms with Crippen molar-refractivity contribution in [3.05, 3.63) is 116 Å². The maximum Gasteiger partial charge on any atom is 0.270 e. The molecular weight excluding hydrogens is 524 g/mol. The lowest BCUT2D eigenvalue weighted by molar-refractivity contribution is -0.384. The van der Waals surface area contributed by atoms with Gasteiger partial charge in [-0.2, -0.15) is 5.26 Å². The Balaban J connectivity index is 1.62. The van der Waals surface area contributed by atoms with Gasteiger partial charge in [0.2, 0.25) is 5.78 Å². The fraction of sp³-hybridized carbons (Fsp3) is 0.0714. The van der Waals surface area contributed by atoms with Gasteiger partial charge in [0.15, 0.2) is 11.5 Å². The number of allylic oxidation sites excluding steroid dienone is 1. The Morgan fingerprint density at radius 1 is 1.08 bits per heavy atom. The largest absolute Gasteiger partial charge is 0.493 e. The minimum atomic E-state index is -0.618. The van der Waals surface area contributed by atoms with Crippen LogP contribution in [0.5, 0.6) is 11.5 Å². The zero-order chi connectivity index (χ0) is 25.7. The van der Waals surface area contributed by atoms with E-state index in [2.05, 4.69) is 15.9 Å². The average molecular weight is 543 g/mol. The smallest absolute Gasteiger partial charge is 0.270 e. The Labute approximate surface area is 215 Å². The summed E-state index contributed by atoms with van der Waals surface area (Å²) >= 11 is 3.50. The van der Waals surface area contributed by atoms with E-state index in [1.165, 1.54) is 31.4 Å². The number of ketones is 1. The lowest BCUT2D eigenvalue weighted by Gasteiger charge is -2.15. The number of ether oxygens (including phenoxy) is 2. The van der Waals surface area contributed by atoms with Crippen molar-refractivity contribution in [2.75, 3.05) is 7.11 Å². The predicted molar refractivity (Wildman–Crippen MR) is 140 cm³/mol. The first kappa shape index (κ1) is 24.6. The number of nitro benzene ring substituents is 1. The third-order valence-corrected chi connectivity index (χ3v) is 6.09. The van der Waals surface area contributed by atoms with Crippen LogP contribution in [0.3, 0.4) is 0 Å². The monoisotopic (exact) mass is 542 g/mol. The molecule has 0 spiro atoms. The highest BCUT2D eigenvalue weighted by Crippen LogP contribution is 2.38. The number of Topliss-reactive ketones (excluding diaryl/α,β-unsaturated/α-hetero) is 1. The van der Waals surface area contributed by atoms with Gasteiger partial charge < -0.3 is 9.47 Å². The topological polar surface area (TPSA) is 102 Å². The summed E-state index contributed by atoms with van der Waals surface area (Å²) in [5, 5.41) is 22.8. The minimum absolute atomic E-state index is 0.0538. The van der Waals surface area contributed by atoms with Crippen LogP contribution in [-0.4, -0.2) is 17.8 Å². The van der Waals surface area contributed by atoms with E-state index in [9.17, 15) is 20.2 Å². The molecule has 4 aromatic rings. The molecule has 0 aliphatic heterocycles. The van der Waals surface area contributed by atoms with Gasteiger partial charge in [0, 0.05) is 17.7 Å². The number of hydrogen-bond donors (Lipinski definition) is 0. The molecule has 0 bridgehead atoms. The highest BCUT2D eigenvalue weighted by molar-refractivity contribution is 9.10. The van der Waals surface area contributed by atoms with E-state index >= 15 is 0 Å². The summed E-state index contributed by atoms with van der Waals surface area (Å²) in [6.45, 7) is 0.306. The summed E-state index contributed by atoms with van der Waals surface area (Å²) < 4.78 is 12.2. The second-order valence-electron chi connectivity index (χ2n) is 7.77. The van der Waals surface area contributed by atoms with Crippen molar-refractivity contribution < 1.29 is 19.2 Å². The normalized spacial score (nSPS) is 11.1. The van der Waals surface area contributed by atoms with Crippen molar-refractivity contribution in [2.45, 2.75) is 6.61 Å². The van der Waals surface area contributed by atoms with E-state index in [-0.39, 0.29) is 16.8 Å². The van der Waals surface area contributed by atoms with Gasteiger partial charge in [-0.05, 0) is 56.0 Å². The van der Waals surface area contributed by atoms with E-state index in [1.807, 2.05) is 48.5 Å². The molecule has 4 aromatic carbocycles. The number of non-ortho nitro benzene ring substituents is 1. The predicted octanol–water partition coefficient (Wildman–Crippen LogP) is 6.89. The lowest BCUT2D eigenvalue weighted by atomic mass is 10.0. The Hall–Kier alpha value is -4.48. The van der Waals surface area contributed by atoms with Crippen molar-refractivity contribution in [1.29, 1.82) is 5.26 Å². The van der Waals surface area contributed by atoms with Gasteiger partial charge >= 0.3 is 0 Å². The summed E-state index contributed by atoms with van der Waals surface area (Å²) in [7, 11) is 1.50. The van der Waals surface area contributed by atoms with Crippen LogP contribution in [0.15, 0.2) is 88.9 Å². The molecule has 0 radical (unpaired) electrons. The number of nitriles is 1. The van der Waals surface area contributed by atoms with E-state index in [0.717, 1.165) is 22.4 Å². The fourth-order valence-electron chi connectivity index (χ4n) is 3.76. The molecule has 0 N–H and O–H groups in total. The molecule has 0 unspecified atom stereocenters. The number of nitrogens with zero attached hydrogens (tertiary/aromatic N) is 2. The fourth-order valence-corrected chi connectivity index (χ4v) is 4.34. The highest BCUT2D eigenvalue weighted by atomic mass is 79.9. The summed E-state index contributed by atoms with van der Waals surface area (Å²) in [6.07, 6.45) is 1.41. The van der Waals surface area contributed by atoms with E-state index in [4.69, 9.17) is 9.47 Å². The Bertz CT molecular complexity index is 1550. The van der Waals surface area contributed by atoms with Crippen LogP contribution < -0.4 is 9.47 Å². The number of rotatable bonds is 8. The second kappa shape index (κ2) is 10.8. The second-order valence-corrected chi connectivity index (χ2v) is 8.62. The SMILES string of the molecule is COc1cc(/C=C(\C#N)C(=O)c2cccc([N+](=O)[O-])c2)cc(Br)c1OCc1cccc2ccccc12. The maximum atomic E-state index is 12.8. The van der Waals surface area contributed by atoms with Crippen LogP contribution in [-0.2, 0) is 6.61 Å². The zero-order valence-corrected chi connectivity index (χ0v) is 20.7. The van der Waals surface area contributed by atoms with Crippen LogP contribution in [0.4, 0.5) is 5.69 Å². The van der Waals surface area contributed by atoms with Gasteiger partial charge in [0.25, 0.3) is 5.69 Å². The number of carbonyl (C=O) groups is 1. The summed E-state index contributed by atoms with van der Waals surface area (Å²) in [6, 6.07) is 24.6. The zero-order valence-electron chi connectivity index (χ0n) is 19.1. The molecule has 0 saturated carbocycles. The number of fused-ring (bicyclic) bond motifs is 1. The molecule has 0 amide bonds. The van der Waals surface area contributed by atoms with Gasteiger partial charge in [-0.3, -0.25) is 14.9 Å². The maximum absolute atomic E-state index is 12.8. The van der Waals surface area contributed by atoms with Crippen LogP contribution in [0.25, 0.3) is 16.8 Å². The van der Waals surface area contributed by atoms with Crippen LogP contribution in [0.2, 0.25) is 0 Å². The number of benzene rings is 4. The quantitative estimate of drug-likeness (QED) is 0.0789. The van der Waals surface area contributed by atoms with Crippen molar-refractivity contribution in [1.82, 2.24) is 0 Å². The third-order valence-electron chi connectivity index (χ3n) is 5.50. The van der Waals surface area contributed by atoms with Crippen molar-refractivity contribution in [3.8, 4) is 17.6 Å². The highest BCUT2D eigenvalue weighted by Gasteiger charge is 2.17. The van der Waals surface area contributed by atoms with Crippen molar-refractivity contribution >= 4 is 44.2 Å². The molecule has 0 aromatic heterocycles. The third kappa shape index (κ3) is 5.27. The minimum Gasteiger partial charge on any atom is -0.493 e. The Kier molecular flexibility index (Phi) is 7.42. The van der Waals surface area contributed by atoms with Crippen LogP contribution >= 0.6 is 15.9 Å². The first-order valence-corrected chi connectivity index (χ1v) is 11.6. The molecule has 7 nitrogen and oxygen atoms in total. The molecule has 0 fully saturated rings. The van der Waals surface area contributed by atoms with E-state index in [1.54, 1.807) is 12.1 Å². The van der Waals surface area contributed by atoms with Crippen LogP contribution in [0.1, 0.15) is 21.5 Å². The molecule has 8 heteroatoms. The van der Waals surface area contributed by atoms with E-state index < -0.39 is 10.7 Å². The van der Waals surface area contributed by atoms with Crippen LogP contribution in [0, 0.1) is 21.4 Å². The molecule has 0 aliphatic carbocycles. The van der Waals surface area contributed by atoms with Gasteiger partial charge in [-0.25, -0.2) is 0 Å². The van der Waals surface area contributed by atoms with Gasteiger partial charge in [0.1, 0.15) is 18.2 Å². The van der Waals surface area contributed by atoms with E-state index in [0.29, 0.717) is 28.1 Å². The van der Waals surface area contributed by atoms with Gasteiger partial charge in [0.05, 0.1) is 16.5 Å². The summed E-state index contributed by atoms with van der Waals surface area (Å²) in [5.41, 5.74) is 1.19. The molecule has 36 heavy (non-hydrogen) atoms. The number of methoxy groups -OCH3 is 1. The summed E-state index contributed by atoms with van der Waals surface area (Å²) in [5.74, 6) is 0.273. The number of hydrogen-bond acceptors (Lipinski definition) is 6. The number of nitro groups is 1. The molecule has 178 valence electrons. The van der Waals surface area contributed by atoms with Gasteiger partial charge in [-0.15, -0.1) is 0 Å². The molecule has 0 saturated heterocycles. The summed E-state index contributed by atoms with van der Waals surface area (Å²) in [4.78, 5) is 23.3. The average Bonchev–Trinajstić information content (AvgIpc) is 2.90. The first-order chi connectivity index (χ1) is 17.4. The Morgan fingerprint density at radius 3 is 2.58 bits per heavy atom. The Morgan fingerprint density at radius 2 is 1.83 bits per heavy atom. The van der Waals surface area contributed by atoms with Crippen molar-refractivity contribution in [3.63, 3.8) is 0 Å². The first-order valence-electron chi connectivity index (χ1n) is 10.8. The molecule has 4 rings (SSSR count). The molecule has 0 atom stereocenters. The van der Waals surface area contributed by atoms with Crippen molar-refractivity contribution in [2.24, 2.45) is 0 Å². The molecule has 0 aliphatic rings. The molecular formula is C28H19BrN2O5. The molecule has 0 heterocycles. The lowest BCUT2D eigenvalue weighted by Crippen LogP contribution is -2.03. The van der Waals surface area contributed by atoms with Gasteiger partial charge in [-0.1, -0.05) is 54.6 Å².